The quantitative estimate of drug-likeness (QED) is 0.918. The van der Waals surface area contributed by atoms with Gasteiger partial charge in [0.15, 0.2) is 0 Å². The Morgan fingerprint density at radius 2 is 1.94 bits per heavy atom. The van der Waals surface area contributed by atoms with Crippen molar-refractivity contribution >= 4 is 38.0 Å². The van der Waals surface area contributed by atoms with Crippen LogP contribution in [0.1, 0.15) is 18.4 Å². The minimum Gasteiger partial charge on any atom is -0.481 e. The van der Waals surface area contributed by atoms with Crippen molar-refractivity contribution in [2.24, 2.45) is 5.41 Å². The molecule has 84 valence electrons. The van der Waals surface area contributed by atoms with E-state index in [-0.39, 0.29) is 0 Å². The average molecular weight is 302 g/mol. The van der Waals surface area contributed by atoms with E-state index in [1.807, 2.05) is 12.1 Å². The number of rotatable bonds is 3. The van der Waals surface area contributed by atoms with E-state index >= 15 is 0 Å². The predicted octanol–water partition coefficient (Wildman–Crippen LogP) is 3.94. The minimum absolute atomic E-state index is 0.654. The van der Waals surface area contributed by atoms with Crippen molar-refractivity contribution in [1.82, 2.24) is 0 Å². The topological polar surface area (TPSA) is 37.3 Å². The molecule has 0 amide bonds. The summed E-state index contributed by atoms with van der Waals surface area (Å²) < 4.78 is 0.809. The molecule has 0 bridgehead atoms. The predicted molar refractivity (Wildman–Crippen MR) is 67.7 cm³/mol. The number of carbonyl (C=O) groups is 1. The summed E-state index contributed by atoms with van der Waals surface area (Å²) in [6.07, 6.45) is 3.20. The van der Waals surface area contributed by atoms with Gasteiger partial charge in [0.05, 0.1) is 5.41 Å². The third kappa shape index (κ3) is 2.30. The summed E-state index contributed by atoms with van der Waals surface area (Å²) in [5.41, 5.74) is 0.287. The highest BCUT2D eigenvalue weighted by Crippen LogP contribution is 2.49. The molecule has 2 rings (SSSR count). The normalized spacial score (nSPS) is 18.2. The van der Waals surface area contributed by atoms with E-state index in [1.54, 1.807) is 18.2 Å². The summed E-state index contributed by atoms with van der Waals surface area (Å²) in [4.78, 5) is 11.0. The fourth-order valence-electron chi connectivity index (χ4n) is 1.49. The van der Waals surface area contributed by atoms with E-state index in [1.165, 1.54) is 0 Å². The van der Waals surface area contributed by atoms with E-state index in [4.69, 9.17) is 16.7 Å². The number of carboxylic acid groups (broad SMARTS) is 1. The number of carboxylic acids is 1. The zero-order chi connectivity index (χ0) is 11.8. The first-order valence-corrected chi connectivity index (χ1v) is 6.08. The molecule has 1 aromatic rings. The molecule has 1 aliphatic carbocycles. The zero-order valence-corrected chi connectivity index (χ0v) is 10.8. The largest absolute Gasteiger partial charge is 0.481 e. The average Bonchev–Trinajstić information content (AvgIpc) is 3.00. The summed E-state index contributed by atoms with van der Waals surface area (Å²) in [5.74, 6) is -0.751. The second-order valence-corrected chi connectivity index (χ2v) is 5.25. The van der Waals surface area contributed by atoms with Gasteiger partial charge in [0.2, 0.25) is 0 Å². The van der Waals surface area contributed by atoms with Crippen molar-refractivity contribution in [2.45, 2.75) is 12.8 Å². The molecular formula is C12H10BrClO2. The van der Waals surface area contributed by atoms with Crippen LogP contribution in [0.2, 0.25) is 5.02 Å². The van der Waals surface area contributed by atoms with Gasteiger partial charge >= 0.3 is 5.97 Å². The molecule has 0 heterocycles. The molecule has 0 aliphatic heterocycles. The lowest BCUT2D eigenvalue weighted by molar-refractivity contribution is -0.141. The Kier molecular flexibility index (Phi) is 3.08. The lowest BCUT2D eigenvalue weighted by Gasteiger charge is -2.05. The maximum absolute atomic E-state index is 11.0. The molecule has 1 aliphatic rings. The van der Waals surface area contributed by atoms with Crippen LogP contribution in [0, 0.1) is 5.41 Å². The van der Waals surface area contributed by atoms with Crippen molar-refractivity contribution in [1.29, 1.82) is 0 Å². The number of benzene rings is 1. The van der Waals surface area contributed by atoms with Crippen LogP contribution in [0.15, 0.2) is 30.3 Å². The summed E-state index contributed by atoms with van der Waals surface area (Å²) in [6.45, 7) is 0. The maximum atomic E-state index is 11.0. The molecule has 0 spiro atoms. The Morgan fingerprint density at radius 3 is 2.38 bits per heavy atom. The van der Waals surface area contributed by atoms with Gasteiger partial charge in [-0.05, 0) is 30.5 Å². The van der Waals surface area contributed by atoms with Gasteiger partial charge < -0.3 is 5.11 Å². The molecule has 0 saturated heterocycles. The fourth-order valence-corrected chi connectivity index (χ4v) is 2.32. The van der Waals surface area contributed by atoms with Crippen molar-refractivity contribution < 1.29 is 9.90 Å². The smallest absolute Gasteiger partial charge is 0.313 e. The first kappa shape index (κ1) is 11.7. The Hall–Kier alpha value is -0.800. The lowest BCUT2D eigenvalue weighted by atomic mass is 10.1. The van der Waals surface area contributed by atoms with Gasteiger partial charge in [-0.3, -0.25) is 4.79 Å². The van der Waals surface area contributed by atoms with Crippen molar-refractivity contribution in [2.75, 3.05) is 0 Å². The summed E-state index contributed by atoms with van der Waals surface area (Å²) >= 11 is 9.19. The molecule has 1 saturated carbocycles. The molecule has 2 nitrogen and oxygen atoms in total. The minimum atomic E-state index is -0.751. The van der Waals surface area contributed by atoms with Crippen LogP contribution >= 0.6 is 27.5 Å². The van der Waals surface area contributed by atoms with E-state index < -0.39 is 11.4 Å². The van der Waals surface area contributed by atoms with Crippen LogP contribution in [0.5, 0.6) is 0 Å². The van der Waals surface area contributed by atoms with Gasteiger partial charge in [0, 0.05) is 9.51 Å². The number of aliphatic carboxylic acids is 1. The molecule has 4 heteroatoms. The van der Waals surface area contributed by atoms with E-state index in [9.17, 15) is 4.79 Å². The molecule has 0 radical (unpaired) electrons. The molecule has 0 atom stereocenters. The van der Waals surface area contributed by atoms with Gasteiger partial charge in [-0.2, -0.15) is 0 Å². The first-order valence-electron chi connectivity index (χ1n) is 4.91. The number of halogens is 2. The Labute approximate surface area is 107 Å². The summed E-state index contributed by atoms with van der Waals surface area (Å²) in [5, 5.41) is 9.73. The zero-order valence-electron chi connectivity index (χ0n) is 8.41. The van der Waals surface area contributed by atoms with Crippen molar-refractivity contribution in [3.8, 4) is 0 Å². The maximum Gasteiger partial charge on any atom is 0.313 e. The number of hydrogen-bond donors (Lipinski definition) is 1. The van der Waals surface area contributed by atoms with Gasteiger partial charge in [0.1, 0.15) is 0 Å². The highest BCUT2D eigenvalue weighted by molar-refractivity contribution is 9.15. The highest BCUT2D eigenvalue weighted by atomic mass is 79.9. The molecule has 0 aromatic heterocycles. The van der Waals surface area contributed by atoms with E-state index in [0.29, 0.717) is 17.9 Å². The van der Waals surface area contributed by atoms with Crippen LogP contribution < -0.4 is 0 Å². The van der Waals surface area contributed by atoms with Crippen LogP contribution in [0.4, 0.5) is 0 Å². The van der Waals surface area contributed by atoms with E-state index in [0.717, 1.165) is 10.0 Å². The SMILES string of the molecule is O=C(O)C1(C=C(Br)c2ccc(Cl)cc2)CC1. The Balaban J connectivity index is 2.25. The Bertz CT molecular complexity index is 447. The molecule has 1 N–H and O–H groups in total. The van der Waals surface area contributed by atoms with Crippen molar-refractivity contribution in [3.63, 3.8) is 0 Å². The molecule has 16 heavy (non-hydrogen) atoms. The van der Waals surface area contributed by atoms with Crippen molar-refractivity contribution in [3.05, 3.63) is 40.9 Å². The van der Waals surface area contributed by atoms with Crippen LogP contribution in [-0.4, -0.2) is 11.1 Å². The summed E-state index contributed by atoms with van der Waals surface area (Å²) in [7, 11) is 0. The summed E-state index contributed by atoms with van der Waals surface area (Å²) in [6, 6.07) is 7.29. The van der Waals surface area contributed by atoms with Gasteiger partial charge in [-0.1, -0.05) is 45.7 Å². The third-order valence-corrected chi connectivity index (χ3v) is 3.68. The van der Waals surface area contributed by atoms with Crippen LogP contribution in [0.3, 0.4) is 0 Å². The standard InChI is InChI=1S/C12H10BrClO2/c13-10(7-12(5-6-12)11(15)16)8-1-3-9(14)4-2-8/h1-4,7H,5-6H2,(H,15,16). The molecule has 1 aromatic carbocycles. The molecule has 1 fully saturated rings. The fraction of sp³-hybridized carbons (Fsp3) is 0.250. The van der Waals surface area contributed by atoms with E-state index in [2.05, 4.69) is 15.9 Å². The number of hydrogen-bond acceptors (Lipinski definition) is 1. The molecule has 0 unspecified atom stereocenters. The lowest BCUT2D eigenvalue weighted by Crippen LogP contribution is -2.11. The first-order chi connectivity index (χ1) is 7.53. The monoisotopic (exact) mass is 300 g/mol. The van der Waals surface area contributed by atoms with Crippen LogP contribution in [-0.2, 0) is 4.79 Å². The van der Waals surface area contributed by atoms with Gasteiger partial charge in [-0.15, -0.1) is 0 Å². The van der Waals surface area contributed by atoms with Gasteiger partial charge in [-0.25, -0.2) is 0 Å². The van der Waals surface area contributed by atoms with Crippen LogP contribution in [0.25, 0.3) is 4.48 Å². The molecular weight excluding hydrogens is 291 g/mol. The van der Waals surface area contributed by atoms with Gasteiger partial charge in [0.25, 0.3) is 0 Å². The Morgan fingerprint density at radius 1 is 1.38 bits per heavy atom. The second-order valence-electron chi connectivity index (χ2n) is 3.96. The highest BCUT2D eigenvalue weighted by Gasteiger charge is 2.48. The second kappa shape index (κ2) is 4.22. The third-order valence-electron chi connectivity index (χ3n) is 2.74.